The van der Waals surface area contributed by atoms with E-state index in [0.717, 1.165) is 17.7 Å². The molecule has 2 aromatic carbocycles. The van der Waals surface area contributed by atoms with Crippen LogP contribution in [0.3, 0.4) is 0 Å². The zero-order chi connectivity index (χ0) is 19.6. The van der Waals surface area contributed by atoms with Gasteiger partial charge in [0.25, 0.3) is 0 Å². The van der Waals surface area contributed by atoms with E-state index < -0.39 is 5.91 Å². The molecule has 0 saturated heterocycles. The first-order chi connectivity index (χ1) is 13.1. The smallest absolute Gasteiger partial charge is 0.248 e. The van der Waals surface area contributed by atoms with E-state index in [1.165, 1.54) is 0 Å². The number of ether oxygens (including phenoxy) is 2. The van der Waals surface area contributed by atoms with E-state index in [1.807, 2.05) is 31.2 Å². The predicted octanol–water partition coefficient (Wildman–Crippen LogP) is 2.68. The molecule has 0 aliphatic heterocycles. The highest BCUT2D eigenvalue weighted by Crippen LogP contribution is 2.27. The van der Waals surface area contributed by atoms with Gasteiger partial charge in [-0.15, -0.1) is 24.0 Å². The number of nitrogens with two attached hydrogens (primary N) is 1. The van der Waals surface area contributed by atoms with E-state index in [9.17, 15) is 4.79 Å². The molecule has 7 nitrogen and oxygen atoms in total. The Kier molecular flexibility index (Phi) is 10.1. The Morgan fingerprint density at radius 3 is 2.43 bits per heavy atom. The molecule has 28 heavy (non-hydrogen) atoms. The lowest BCUT2D eigenvalue weighted by atomic mass is 10.1. The normalized spacial score (nSPS) is 10.6. The fraction of sp³-hybridized carbons (Fsp3) is 0.300. The van der Waals surface area contributed by atoms with E-state index in [-0.39, 0.29) is 24.0 Å². The van der Waals surface area contributed by atoms with Gasteiger partial charge in [0.2, 0.25) is 5.91 Å². The lowest BCUT2D eigenvalue weighted by Gasteiger charge is -2.13. The van der Waals surface area contributed by atoms with Crippen LogP contribution in [0.1, 0.15) is 28.4 Å². The lowest BCUT2D eigenvalue weighted by molar-refractivity contribution is 0.1000. The fourth-order valence-electron chi connectivity index (χ4n) is 2.51. The van der Waals surface area contributed by atoms with Crippen LogP contribution < -0.4 is 25.8 Å². The molecule has 4 N–H and O–H groups in total. The molecule has 0 aromatic heterocycles. The number of guanidine groups is 1. The molecule has 0 aliphatic carbocycles. The zero-order valence-corrected chi connectivity index (χ0v) is 18.7. The Hall–Kier alpha value is -2.49. The van der Waals surface area contributed by atoms with E-state index in [4.69, 9.17) is 15.2 Å². The summed E-state index contributed by atoms with van der Waals surface area (Å²) in [6.45, 7) is 3.75. The van der Waals surface area contributed by atoms with Crippen molar-refractivity contribution < 1.29 is 14.3 Å². The van der Waals surface area contributed by atoms with Crippen molar-refractivity contribution in [3.63, 3.8) is 0 Å². The van der Waals surface area contributed by atoms with Gasteiger partial charge >= 0.3 is 0 Å². The molecular weight excluding hydrogens is 471 g/mol. The van der Waals surface area contributed by atoms with Gasteiger partial charge in [0, 0.05) is 18.7 Å². The van der Waals surface area contributed by atoms with Gasteiger partial charge in [-0.3, -0.25) is 4.79 Å². The SMILES string of the molecule is CCNC(=NCc1cccc(C(N)=O)c1)NCc1ccc(OC)c(OC)c1.I. The van der Waals surface area contributed by atoms with E-state index in [2.05, 4.69) is 15.6 Å². The minimum Gasteiger partial charge on any atom is -0.493 e. The molecule has 0 unspecified atom stereocenters. The Bertz CT molecular complexity index is 812. The quantitative estimate of drug-likeness (QED) is 0.296. The summed E-state index contributed by atoms with van der Waals surface area (Å²) in [7, 11) is 3.22. The van der Waals surface area contributed by atoms with Crippen LogP contribution in [0.4, 0.5) is 0 Å². The Morgan fingerprint density at radius 1 is 1.04 bits per heavy atom. The fourth-order valence-corrected chi connectivity index (χ4v) is 2.51. The minimum absolute atomic E-state index is 0. The highest BCUT2D eigenvalue weighted by atomic mass is 127. The van der Waals surface area contributed by atoms with Crippen molar-refractivity contribution in [2.75, 3.05) is 20.8 Å². The van der Waals surface area contributed by atoms with Gasteiger partial charge in [0.05, 0.1) is 20.8 Å². The molecule has 1 amide bonds. The summed E-state index contributed by atoms with van der Waals surface area (Å²) in [6, 6.07) is 12.9. The predicted molar refractivity (Wildman–Crippen MR) is 122 cm³/mol. The molecule has 0 heterocycles. The maximum absolute atomic E-state index is 11.3. The second kappa shape index (κ2) is 12.1. The lowest BCUT2D eigenvalue weighted by Crippen LogP contribution is -2.36. The van der Waals surface area contributed by atoms with Crippen LogP contribution in [0.25, 0.3) is 0 Å². The number of hydrogen-bond acceptors (Lipinski definition) is 4. The molecule has 0 aliphatic rings. The first-order valence-electron chi connectivity index (χ1n) is 8.69. The molecule has 0 saturated carbocycles. The molecule has 8 heteroatoms. The van der Waals surface area contributed by atoms with Crippen LogP contribution in [-0.4, -0.2) is 32.6 Å². The van der Waals surface area contributed by atoms with Crippen molar-refractivity contribution in [1.82, 2.24) is 10.6 Å². The second-order valence-electron chi connectivity index (χ2n) is 5.80. The summed E-state index contributed by atoms with van der Waals surface area (Å²) in [4.78, 5) is 15.9. The van der Waals surface area contributed by atoms with Gasteiger partial charge in [-0.25, -0.2) is 4.99 Å². The van der Waals surface area contributed by atoms with E-state index in [0.29, 0.717) is 36.1 Å². The van der Waals surface area contributed by atoms with Crippen LogP contribution in [0.5, 0.6) is 11.5 Å². The summed E-state index contributed by atoms with van der Waals surface area (Å²) in [6.07, 6.45) is 0. The van der Waals surface area contributed by atoms with Gasteiger partial charge in [-0.1, -0.05) is 18.2 Å². The van der Waals surface area contributed by atoms with Gasteiger partial charge < -0.3 is 25.8 Å². The van der Waals surface area contributed by atoms with Crippen molar-refractivity contribution in [3.8, 4) is 11.5 Å². The Labute approximate surface area is 182 Å². The maximum Gasteiger partial charge on any atom is 0.248 e. The van der Waals surface area contributed by atoms with Gasteiger partial charge in [0.1, 0.15) is 0 Å². The first-order valence-corrected chi connectivity index (χ1v) is 8.69. The number of aliphatic imine (C=N–C) groups is 1. The van der Waals surface area contributed by atoms with Crippen LogP contribution in [0, 0.1) is 0 Å². The third-order valence-corrected chi connectivity index (χ3v) is 3.88. The van der Waals surface area contributed by atoms with Gasteiger partial charge in [-0.2, -0.15) is 0 Å². The molecule has 152 valence electrons. The van der Waals surface area contributed by atoms with Crippen LogP contribution in [-0.2, 0) is 13.1 Å². The maximum atomic E-state index is 11.3. The summed E-state index contributed by atoms with van der Waals surface area (Å²) in [5.74, 6) is 1.61. The van der Waals surface area contributed by atoms with E-state index in [1.54, 1.807) is 32.4 Å². The van der Waals surface area contributed by atoms with Crippen LogP contribution >= 0.6 is 24.0 Å². The topological polar surface area (TPSA) is 98.0 Å². The number of hydrogen-bond donors (Lipinski definition) is 3. The van der Waals surface area contributed by atoms with E-state index >= 15 is 0 Å². The number of carbonyl (C=O) groups is 1. The van der Waals surface area contributed by atoms with Crippen LogP contribution in [0.2, 0.25) is 0 Å². The van der Waals surface area contributed by atoms with Crippen LogP contribution in [0.15, 0.2) is 47.5 Å². The van der Waals surface area contributed by atoms with Crippen molar-refractivity contribution in [3.05, 3.63) is 59.2 Å². The molecule has 0 atom stereocenters. The Morgan fingerprint density at radius 2 is 1.79 bits per heavy atom. The molecule has 2 rings (SSSR count). The van der Waals surface area contributed by atoms with Crippen molar-refractivity contribution >= 4 is 35.8 Å². The average Bonchev–Trinajstić information content (AvgIpc) is 2.70. The zero-order valence-electron chi connectivity index (χ0n) is 16.3. The number of methoxy groups -OCH3 is 2. The average molecular weight is 498 g/mol. The summed E-state index contributed by atoms with van der Waals surface area (Å²) in [5, 5.41) is 6.49. The first kappa shape index (κ1) is 23.5. The highest BCUT2D eigenvalue weighted by Gasteiger charge is 2.06. The number of carbonyl (C=O) groups excluding carboxylic acids is 1. The summed E-state index contributed by atoms with van der Waals surface area (Å²) in [5.41, 5.74) is 7.75. The molecule has 0 radical (unpaired) electrons. The molecule has 2 aromatic rings. The summed E-state index contributed by atoms with van der Waals surface area (Å²) < 4.78 is 10.6. The standard InChI is InChI=1S/C20H26N4O3.HI/c1-4-22-20(23-12-14-6-5-7-16(10-14)19(21)25)24-13-15-8-9-17(26-2)18(11-15)27-3;/h5-11H,4,12-13H2,1-3H3,(H2,21,25)(H2,22,23,24);1H. The molecular formula is C20H27IN4O3. The minimum atomic E-state index is -0.445. The number of primary amides is 1. The summed E-state index contributed by atoms with van der Waals surface area (Å²) >= 11 is 0. The van der Waals surface area contributed by atoms with Crippen molar-refractivity contribution in [1.29, 1.82) is 0 Å². The number of nitrogens with one attached hydrogen (secondary N) is 2. The Balaban J connectivity index is 0.00000392. The number of benzene rings is 2. The monoisotopic (exact) mass is 498 g/mol. The largest absolute Gasteiger partial charge is 0.493 e. The number of rotatable bonds is 8. The second-order valence-corrected chi connectivity index (χ2v) is 5.80. The molecule has 0 bridgehead atoms. The van der Waals surface area contributed by atoms with Gasteiger partial charge in [-0.05, 0) is 42.3 Å². The molecule has 0 fully saturated rings. The third-order valence-electron chi connectivity index (χ3n) is 3.88. The highest BCUT2D eigenvalue weighted by molar-refractivity contribution is 14.0. The molecule has 0 spiro atoms. The number of nitrogens with zero attached hydrogens (tertiary/aromatic N) is 1. The number of halogens is 1. The van der Waals surface area contributed by atoms with Crippen molar-refractivity contribution in [2.24, 2.45) is 10.7 Å². The van der Waals surface area contributed by atoms with Crippen molar-refractivity contribution in [2.45, 2.75) is 20.0 Å². The third kappa shape index (κ3) is 6.91. The number of amides is 1. The van der Waals surface area contributed by atoms with Gasteiger partial charge in [0.15, 0.2) is 17.5 Å².